The van der Waals surface area contributed by atoms with Gasteiger partial charge in [0.1, 0.15) is 12.4 Å². The molecule has 3 aromatic rings. The summed E-state index contributed by atoms with van der Waals surface area (Å²) in [5, 5.41) is 12.6. The summed E-state index contributed by atoms with van der Waals surface area (Å²) in [7, 11) is 1.64. The predicted octanol–water partition coefficient (Wildman–Crippen LogP) is 2.79. The number of carbonyl (C=O) groups excluding carboxylic acids is 1. The number of hydrogen-bond donors (Lipinski definition) is 0. The number of likely N-dealkylation sites (N-methyl/N-ethyl adjacent to an activating group) is 1. The van der Waals surface area contributed by atoms with Crippen molar-refractivity contribution in [2.75, 3.05) is 7.05 Å². The van der Waals surface area contributed by atoms with E-state index >= 15 is 0 Å². The van der Waals surface area contributed by atoms with Gasteiger partial charge in [0.05, 0.1) is 0 Å². The molecule has 0 aliphatic rings. The van der Waals surface area contributed by atoms with Gasteiger partial charge in [-0.15, -0.1) is 10.2 Å². The highest BCUT2D eigenvalue weighted by Crippen LogP contribution is 2.17. The van der Waals surface area contributed by atoms with Crippen LogP contribution in [0.3, 0.4) is 0 Å². The molecule has 2 aromatic carbocycles. The molecule has 6 nitrogen and oxygen atoms in total. The third-order valence-corrected chi connectivity index (χ3v) is 3.82. The molecule has 0 aliphatic carbocycles. The van der Waals surface area contributed by atoms with E-state index in [1.54, 1.807) is 43.4 Å². The van der Waals surface area contributed by atoms with E-state index in [0.29, 0.717) is 23.0 Å². The van der Waals surface area contributed by atoms with Crippen molar-refractivity contribution in [1.29, 1.82) is 0 Å². The number of rotatable bonds is 5. The van der Waals surface area contributed by atoms with Crippen molar-refractivity contribution in [3.63, 3.8) is 0 Å². The predicted molar refractivity (Wildman–Crippen MR) is 91.1 cm³/mol. The summed E-state index contributed by atoms with van der Waals surface area (Å²) in [5.41, 5.74) is 1.47. The quantitative estimate of drug-likeness (QED) is 0.702. The monoisotopic (exact) mass is 359 g/mol. The summed E-state index contributed by atoms with van der Waals surface area (Å²) in [6.45, 7) is 0.252. The lowest BCUT2D eigenvalue weighted by molar-refractivity contribution is -0.131. The van der Waals surface area contributed by atoms with E-state index in [2.05, 4.69) is 15.4 Å². The second kappa shape index (κ2) is 7.40. The highest BCUT2D eigenvalue weighted by Gasteiger charge is 2.13. The van der Waals surface area contributed by atoms with Crippen LogP contribution in [0.1, 0.15) is 5.56 Å². The summed E-state index contributed by atoms with van der Waals surface area (Å²) in [6.07, 6.45) is 0. The zero-order chi connectivity index (χ0) is 17.8. The molecule has 0 N–H and O–H groups in total. The van der Waals surface area contributed by atoms with Crippen molar-refractivity contribution in [3.05, 3.63) is 64.9 Å². The van der Waals surface area contributed by atoms with Crippen molar-refractivity contribution in [1.82, 2.24) is 25.1 Å². The van der Waals surface area contributed by atoms with Crippen molar-refractivity contribution in [2.24, 2.45) is 0 Å². The molecule has 0 radical (unpaired) electrons. The zero-order valence-electron chi connectivity index (χ0n) is 13.4. The fourth-order valence-corrected chi connectivity index (χ4v) is 2.39. The second-order valence-corrected chi connectivity index (χ2v) is 5.97. The largest absolute Gasteiger partial charge is 0.340 e. The van der Waals surface area contributed by atoms with Crippen LogP contribution in [0.15, 0.2) is 48.5 Å². The summed E-state index contributed by atoms with van der Waals surface area (Å²) in [6, 6.07) is 13.2. The highest BCUT2D eigenvalue weighted by atomic mass is 35.5. The Hall–Kier alpha value is -2.80. The van der Waals surface area contributed by atoms with Gasteiger partial charge in [-0.05, 0) is 47.2 Å². The number of nitrogens with zero attached hydrogens (tertiary/aromatic N) is 5. The van der Waals surface area contributed by atoms with Crippen LogP contribution >= 0.6 is 11.6 Å². The van der Waals surface area contributed by atoms with E-state index < -0.39 is 0 Å². The average Bonchev–Trinajstić information content (AvgIpc) is 3.04. The van der Waals surface area contributed by atoms with Gasteiger partial charge in [0, 0.05) is 24.2 Å². The third-order valence-electron chi connectivity index (χ3n) is 3.57. The first-order valence-corrected chi connectivity index (χ1v) is 7.91. The Labute approximate surface area is 148 Å². The number of aromatic nitrogens is 4. The van der Waals surface area contributed by atoms with Gasteiger partial charge < -0.3 is 4.90 Å². The maximum absolute atomic E-state index is 13.2. The number of tetrazole rings is 1. The van der Waals surface area contributed by atoms with Crippen LogP contribution in [-0.2, 0) is 17.9 Å². The lowest BCUT2D eigenvalue weighted by atomic mass is 10.2. The second-order valence-electron chi connectivity index (χ2n) is 5.53. The Morgan fingerprint density at radius 1 is 1.24 bits per heavy atom. The van der Waals surface area contributed by atoms with Crippen LogP contribution in [0.4, 0.5) is 4.39 Å². The van der Waals surface area contributed by atoms with Crippen LogP contribution in [0, 0.1) is 5.82 Å². The standard InChI is InChI=1S/C17H15ClFN5O/c1-23(10-12-3-2-4-15(19)9-12)16(25)11-24-21-17(20-22-24)13-5-7-14(18)8-6-13/h2-9H,10-11H2,1H3. The molecule has 0 saturated heterocycles. The third kappa shape index (κ3) is 4.39. The van der Waals surface area contributed by atoms with Crippen LogP contribution in [0.2, 0.25) is 5.02 Å². The number of halogens is 2. The first kappa shape index (κ1) is 17.0. The fraction of sp³-hybridized carbons (Fsp3) is 0.176. The molecule has 0 spiro atoms. The van der Waals surface area contributed by atoms with E-state index in [1.807, 2.05) is 0 Å². The molecule has 1 aromatic heterocycles. The van der Waals surface area contributed by atoms with E-state index in [1.165, 1.54) is 21.8 Å². The van der Waals surface area contributed by atoms with Crippen molar-refractivity contribution in [3.8, 4) is 11.4 Å². The molecule has 0 bridgehead atoms. The maximum Gasteiger partial charge on any atom is 0.246 e. The SMILES string of the molecule is CN(Cc1cccc(F)c1)C(=O)Cn1nnc(-c2ccc(Cl)cc2)n1. The molecule has 128 valence electrons. The molecular formula is C17H15ClFN5O. The molecule has 0 saturated carbocycles. The molecule has 25 heavy (non-hydrogen) atoms. The fourth-order valence-electron chi connectivity index (χ4n) is 2.26. The van der Waals surface area contributed by atoms with Crippen LogP contribution < -0.4 is 0 Å². The molecule has 0 atom stereocenters. The minimum atomic E-state index is -0.330. The molecule has 0 aliphatic heterocycles. The first-order chi connectivity index (χ1) is 12.0. The summed E-state index contributed by atoms with van der Waals surface area (Å²) in [4.78, 5) is 15.0. The van der Waals surface area contributed by atoms with Crippen molar-refractivity contribution < 1.29 is 9.18 Å². The Kier molecular flexibility index (Phi) is 5.04. The summed E-state index contributed by atoms with van der Waals surface area (Å²) in [5.74, 6) is -0.120. The van der Waals surface area contributed by atoms with Gasteiger partial charge in [0.2, 0.25) is 11.7 Å². The summed E-state index contributed by atoms with van der Waals surface area (Å²) >= 11 is 5.85. The molecule has 0 fully saturated rings. The van der Waals surface area contributed by atoms with E-state index in [4.69, 9.17) is 11.6 Å². The molecule has 1 amide bonds. The van der Waals surface area contributed by atoms with Gasteiger partial charge in [0.15, 0.2) is 0 Å². The minimum Gasteiger partial charge on any atom is -0.340 e. The topological polar surface area (TPSA) is 63.9 Å². The lowest BCUT2D eigenvalue weighted by Gasteiger charge is -2.16. The molecule has 1 heterocycles. The van der Waals surface area contributed by atoms with E-state index in [0.717, 1.165) is 5.56 Å². The van der Waals surface area contributed by atoms with Crippen molar-refractivity contribution >= 4 is 17.5 Å². The van der Waals surface area contributed by atoms with Gasteiger partial charge in [-0.1, -0.05) is 23.7 Å². The Morgan fingerprint density at radius 2 is 2.00 bits per heavy atom. The average molecular weight is 360 g/mol. The number of amides is 1. The normalized spacial score (nSPS) is 10.7. The first-order valence-electron chi connectivity index (χ1n) is 7.53. The van der Waals surface area contributed by atoms with Gasteiger partial charge in [-0.3, -0.25) is 4.79 Å². The van der Waals surface area contributed by atoms with Gasteiger partial charge >= 0.3 is 0 Å². The Morgan fingerprint density at radius 3 is 2.72 bits per heavy atom. The van der Waals surface area contributed by atoms with Gasteiger partial charge in [-0.2, -0.15) is 4.80 Å². The van der Waals surface area contributed by atoms with E-state index in [-0.39, 0.29) is 18.3 Å². The summed E-state index contributed by atoms with van der Waals surface area (Å²) < 4.78 is 13.2. The number of benzene rings is 2. The van der Waals surface area contributed by atoms with Gasteiger partial charge in [0.25, 0.3) is 0 Å². The molecule has 3 rings (SSSR count). The van der Waals surface area contributed by atoms with Crippen molar-refractivity contribution in [2.45, 2.75) is 13.1 Å². The van der Waals surface area contributed by atoms with Crippen LogP contribution in [-0.4, -0.2) is 38.1 Å². The molecule has 0 unspecified atom stereocenters. The number of carbonyl (C=O) groups is 1. The maximum atomic E-state index is 13.2. The minimum absolute atomic E-state index is 0.0492. The highest BCUT2D eigenvalue weighted by molar-refractivity contribution is 6.30. The Balaban J connectivity index is 1.64. The van der Waals surface area contributed by atoms with Crippen LogP contribution in [0.25, 0.3) is 11.4 Å². The van der Waals surface area contributed by atoms with Gasteiger partial charge in [-0.25, -0.2) is 4.39 Å². The van der Waals surface area contributed by atoms with E-state index in [9.17, 15) is 9.18 Å². The Bertz CT molecular complexity index is 881. The molecular weight excluding hydrogens is 345 g/mol. The lowest BCUT2D eigenvalue weighted by Crippen LogP contribution is -2.30. The smallest absolute Gasteiger partial charge is 0.246 e. The van der Waals surface area contributed by atoms with Crippen LogP contribution in [0.5, 0.6) is 0 Å². The number of hydrogen-bond acceptors (Lipinski definition) is 4. The molecule has 8 heteroatoms. The zero-order valence-corrected chi connectivity index (χ0v) is 14.2.